The molecule has 1 N–H and O–H groups in total. The van der Waals surface area contributed by atoms with E-state index in [2.05, 4.69) is 0 Å². The maximum Gasteiger partial charge on any atom is 0.379 e. The van der Waals surface area contributed by atoms with Crippen molar-refractivity contribution in [3.05, 3.63) is 69.8 Å². The van der Waals surface area contributed by atoms with Crippen molar-refractivity contribution in [2.45, 2.75) is 18.8 Å². The highest BCUT2D eigenvalue weighted by molar-refractivity contribution is 6.41. The van der Waals surface area contributed by atoms with Crippen LogP contribution >= 0.6 is 0 Å². The predicted molar refractivity (Wildman–Crippen MR) is 75.0 cm³/mol. The number of aliphatic hydroxyl groups is 1. The van der Waals surface area contributed by atoms with Gasteiger partial charge in [0, 0.05) is 11.6 Å². The first-order valence-electron chi connectivity index (χ1n) is 6.44. The third-order valence-corrected chi connectivity index (χ3v) is 3.13. The van der Waals surface area contributed by atoms with E-state index in [0.717, 1.165) is 23.8 Å². The number of ether oxygens (including phenoxy) is 1. The number of allylic oxidation sites excluding steroid dienone is 1. The Morgan fingerprint density at radius 2 is 2.00 bits per heavy atom. The van der Waals surface area contributed by atoms with Crippen LogP contribution < -0.4 is 0 Å². The highest BCUT2D eigenvalue weighted by Gasteiger charge is 2.39. The number of Topliss-reactive ketones (excluding diaryl/α,β-unsaturated/α-hetero) is 1. The van der Waals surface area contributed by atoms with E-state index in [1.807, 2.05) is 6.07 Å². The van der Waals surface area contributed by atoms with Gasteiger partial charge in [-0.3, -0.25) is 14.9 Å². The van der Waals surface area contributed by atoms with Crippen molar-refractivity contribution in [1.29, 1.82) is 0 Å². The average Bonchev–Trinajstić information content (AvgIpc) is 2.53. The number of esters is 1. The van der Waals surface area contributed by atoms with Gasteiger partial charge in [0.2, 0.25) is 0 Å². The van der Waals surface area contributed by atoms with Crippen molar-refractivity contribution in [2.24, 2.45) is 0 Å². The first-order chi connectivity index (χ1) is 10.4. The van der Waals surface area contributed by atoms with Crippen LogP contribution in [0.4, 0.5) is 0 Å². The Labute approximate surface area is 125 Å². The number of benzene rings is 1. The molecule has 2 rings (SSSR count). The number of carbonyl (C=O) groups excluding carboxylic acids is 2. The largest absolute Gasteiger partial charge is 0.455 e. The first-order valence-corrected chi connectivity index (χ1v) is 6.44. The molecule has 0 saturated heterocycles. The number of carbonyl (C=O) groups is 2. The second-order valence-electron chi connectivity index (χ2n) is 4.72. The smallest absolute Gasteiger partial charge is 0.379 e. The van der Waals surface area contributed by atoms with Gasteiger partial charge in [0.05, 0.1) is 11.3 Å². The van der Waals surface area contributed by atoms with Gasteiger partial charge in [-0.25, -0.2) is 4.79 Å². The van der Waals surface area contributed by atoms with Crippen molar-refractivity contribution in [3.8, 4) is 0 Å². The molecule has 1 aliphatic carbocycles. The van der Waals surface area contributed by atoms with Gasteiger partial charge in [-0.05, 0) is 11.6 Å². The summed E-state index contributed by atoms with van der Waals surface area (Å²) in [6.07, 6.45) is 2.70. The van der Waals surface area contributed by atoms with Crippen molar-refractivity contribution in [3.63, 3.8) is 0 Å². The second-order valence-corrected chi connectivity index (χ2v) is 4.72. The molecule has 1 atom stereocenters. The Hall–Kier alpha value is -2.80. The summed E-state index contributed by atoms with van der Waals surface area (Å²) >= 11 is 0. The fraction of sp³-hybridized carbons (Fsp3) is 0.200. The van der Waals surface area contributed by atoms with Crippen molar-refractivity contribution >= 4 is 11.8 Å². The summed E-state index contributed by atoms with van der Waals surface area (Å²) in [5.74, 6) is -1.95. The van der Waals surface area contributed by atoms with E-state index in [0.29, 0.717) is 0 Å². The van der Waals surface area contributed by atoms with Gasteiger partial charge in [-0.15, -0.1) is 0 Å². The molecular formula is C15H13NO6. The van der Waals surface area contributed by atoms with Crippen LogP contribution in [-0.2, 0) is 20.9 Å². The van der Waals surface area contributed by atoms with Crippen LogP contribution in [-0.4, -0.2) is 27.5 Å². The Bertz CT molecular complexity index is 664. The van der Waals surface area contributed by atoms with Gasteiger partial charge in [0.1, 0.15) is 6.61 Å². The van der Waals surface area contributed by atoms with Crippen molar-refractivity contribution < 1.29 is 24.4 Å². The van der Waals surface area contributed by atoms with Gasteiger partial charge in [0.25, 0.3) is 5.78 Å². The van der Waals surface area contributed by atoms with E-state index in [1.165, 1.54) is 0 Å². The van der Waals surface area contributed by atoms with Crippen LogP contribution in [0.25, 0.3) is 0 Å². The maximum absolute atomic E-state index is 11.9. The molecule has 22 heavy (non-hydrogen) atoms. The molecule has 0 fully saturated rings. The molecule has 114 valence electrons. The van der Waals surface area contributed by atoms with Crippen LogP contribution in [0.3, 0.4) is 0 Å². The maximum atomic E-state index is 11.9. The molecule has 0 amide bonds. The molecular weight excluding hydrogens is 290 g/mol. The topological polar surface area (TPSA) is 107 Å². The molecule has 1 aromatic rings. The third-order valence-electron chi connectivity index (χ3n) is 3.13. The number of nitro groups is 1. The standard InChI is InChI=1S/C15H13NO6/c17-13(12-6-8-15(19,9-7-12)16(20)21)14(18)22-10-11-4-2-1-3-5-11/h1-8,19H,9-10H2. The van der Waals surface area contributed by atoms with E-state index >= 15 is 0 Å². The summed E-state index contributed by atoms with van der Waals surface area (Å²) in [5, 5.41) is 20.2. The lowest BCUT2D eigenvalue weighted by Gasteiger charge is -2.17. The molecule has 0 bridgehead atoms. The quantitative estimate of drug-likeness (QED) is 0.287. The summed E-state index contributed by atoms with van der Waals surface area (Å²) in [5.41, 5.74) is -1.54. The highest BCUT2D eigenvalue weighted by Crippen LogP contribution is 2.22. The molecule has 0 saturated carbocycles. The molecule has 0 heterocycles. The molecule has 7 nitrogen and oxygen atoms in total. The van der Waals surface area contributed by atoms with Crippen LogP contribution in [0.15, 0.2) is 54.1 Å². The third kappa shape index (κ3) is 3.44. The normalized spacial score (nSPS) is 20.1. The van der Waals surface area contributed by atoms with Crippen LogP contribution in [0, 0.1) is 10.1 Å². The van der Waals surface area contributed by atoms with Crippen LogP contribution in [0.2, 0.25) is 0 Å². The molecule has 1 aromatic carbocycles. The lowest BCUT2D eigenvalue weighted by Crippen LogP contribution is -2.37. The van der Waals surface area contributed by atoms with Crippen LogP contribution in [0.5, 0.6) is 0 Å². The van der Waals surface area contributed by atoms with E-state index < -0.39 is 22.4 Å². The predicted octanol–water partition coefficient (Wildman–Crippen LogP) is 1.15. The number of nitrogens with zero attached hydrogens (tertiary/aromatic N) is 1. The van der Waals surface area contributed by atoms with Gasteiger partial charge in [0.15, 0.2) is 0 Å². The van der Waals surface area contributed by atoms with Crippen LogP contribution in [0.1, 0.15) is 12.0 Å². The average molecular weight is 303 g/mol. The van der Waals surface area contributed by atoms with Gasteiger partial charge in [-0.2, -0.15) is 0 Å². The molecule has 0 radical (unpaired) electrons. The Morgan fingerprint density at radius 1 is 1.32 bits per heavy atom. The van der Waals surface area contributed by atoms with Crippen molar-refractivity contribution in [1.82, 2.24) is 0 Å². The molecule has 0 aromatic heterocycles. The van der Waals surface area contributed by atoms with Gasteiger partial charge >= 0.3 is 11.7 Å². The minimum Gasteiger partial charge on any atom is -0.455 e. The molecule has 0 aliphatic heterocycles. The number of hydrogen-bond donors (Lipinski definition) is 1. The Kier molecular flexibility index (Phi) is 4.47. The lowest BCUT2D eigenvalue weighted by molar-refractivity contribution is -0.607. The monoisotopic (exact) mass is 303 g/mol. The zero-order valence-corrected chi connectivity index (χ0v) is 11.5. The number of rotatable bonds is 5. The fourth-order valence-electron chi connectivity index (χ4n) is 1.83. The van der Waals surface area contributed by atoms with Crippen molar-refractivity contribution in [2.75, 3.05) is 0 Å². The summed E-state index contributed by atoms with van der Waals surface area (Å²) in [7, 11) is 0. The zero-order chi connectivity index (χ0) is 16.2. The minimum atomic E-state index is -2.24. The molecule has 1 unspecified atom stereocenters. The number of hydrogen-bond acceptors (Lipinski definition) is 6. The summed E-state index contributed by atoms with van der Waals surface area (Å²) in [4.78, 5) is 33.3. The minimum absolute atomic E-state index is 0.0374. The molecule has 0 spiro atoms. The number of ketones is 1. The Morgan fingerprint density at radius 3 is 2.55 bits per heavy atom. The van der Waals surface area contributed by atoms with Gasteiger partial charge in [-0.1, -0.05) is 36.4 Å². The van der Waals surface area contributed by atoms with E-state index in [4.69, 9.17) is 4.74 Å². The second kappa shape index (κ2) is 6.31. The Balaban J connectivity index is 1.95. The lowest BCUT2D eigenvalue weighted by atomic mass is 9.97. The van der Waals surface area contributed by atoms with E-state index in [1.54, 1.807) is 24.3 Å². The first kappa shape index (κ1) is 15.6. The highest BCUT2D eigenvalue weighted by atomic mass is 16.7. The van der Waals surface area contributed by atoms with E-state index in [-0.39, 0.29) is 18.6 Å². The molecule has 1 aliphatic rings. The zero-order valence-electron chi connectivity index (χ0n) is 11.5. The summed E-state index contributed by atoms with van der Waals surface area (Å²) < 4.78 is 4.88. The summed E-state index contributed by atoms with van der Waals surface area (Å²) in [6, 6.07) is 8.85. The SMILES string of the molecule is O=C(OCc1ccccc1)C(=O)C1=CCC(O)([N+](=O)[O-])C=C1. The molecule has 7 heteroatoms. The summed E-state index contributed by atoms with van der Waals surface area (Å²) in [6.45, 7) is -0.0404. The fourth-order valence-corrected chi connectivity index (χ4v) is 1.83. The van der Waals surface area contributed by atoms with Gasteiger partial charge < -0.3 is 9.84 Å². The van der Waals surface area contributed by atoms with E-state index in [9.17, 15) is 24.8 Å².